The summed E-state index contributed by atoms with van der Waals surface area (Å²) < 4.78 is 0. The van der Waals surface area contributed by atoms with Crippen molar-refractivity contribution in [2.45, 2.75) is 59.3 Å². The number of aromatic nitrogens is 1. The third-order valence-electron chi connectivity index (χ3n) is 3.83. The molecule has 0 bridgehead atoms. The van der Waals surface area contributed by atoms with Gasteiger partial charge in [-0.05, 0) is 25.2 Å². The summed E-state index contributed by atoms with van der Waals surface area (Å²) >= 11 is 1.83. The molecule has 1 aliphatic rings. The van der Waals surface area contributed by atoms with Gasteiger partial charge in [-0.25, -0.2) is 4.98 Å². The predicted octanol–water partition coefficient (Wildman–Crippen LogP) is 4.46. The van der Waals surface area contributed by atoms with Crippen LogP contribution in [0.3, 0.4) is 0 Å². The van der Waals surface area contributed by atoms with Crippen molar-refractivity contribution in [2.75, 3.05) is 12.4 Å². The molecule has 2 nitrogen and oxygen atoms in total. The zero-order valence-electron chi connectivity index (χ0n) is 12.1. The van der Waals surface area contributed by atoms with Gasteiger partial charge in [0.2, 0.25) is 0 Å². The Morgan fingerprint density at radius 1 is 1.35 bits per heavy atom. The Labute approximate surface area is 110 Å². The standard InChI is InChI=1S/C12H20N2S.C2H6/c1-8(2)12(3)7-5-6-9-10(12)14-11(13-4)15-9;1-2/h8H,5-7H2,1-4H3,(H,13,14);1-2H3. The maximum absolute atomic E-state index is 4.75. The van der Waals surface area contributed by atoms with Crippen LogP contribution in [-0.4, -0.2) is 12.0 Å². The highest BCUT2D eigenvalue weighted by Gasteiger charge is 2.37. The summed E-state index contributed by atoms with van der Waals surface area (Å²) in [4.78, 5) is 6.25. The number of thiazole rings is 1. The summed E-state index contributed by atoms with van der Waals surface area (Å²) in [6, 6.07) is 0. The zero-order valence-corrected chi connectivity index (χ0v) is 12.9. The molecule has 0 amide bonds. The summed E-state index contributed by atoms with van der Waals surface area (Å²) in [6.07, 6.45) is 3.81. The molecular formula is C14H26N2S. The van der Waals surface area contributed by atoms with E-state index in [-0.39, 0.29) is 0 Å². The quantitative estimate of drug-likeness (QED) is 0.842. The minimum absolute atomic E-state index is 0.291. The average molecular weight is 254 g/mol. The molecular weight excluding hydrogens is 228 g/mol. The fourth-order valence-electron chi connectivity index (χ4n) is 2.37. The zero-order chi connectivity index (χ0) is 13.1. The van der Waals surface area contributed by atoms with Crippen molar-refractivity contribution in [3.63, 3.8) is 0 Å². The Kier molecular flexibility index (Phi) is 4.99. The third-order valence-corrected chi connectivity index (χ3v) is 4.96. The first-order valence-corrected chi connectivity index (χ1v) is 7.57. The highest BCUT2D eigenvalue weighted by molar-refractivity contribution is 7.15. The van der Waals surface area contributed by atoms with Crippen molar-refractivity contribution in [3.8, 4) is 0 Å². The van der Waals surface area contributed by atoms with E-state index in [9.17, 15) is 0 Å². The van der Waals surface area contributed by atoms with Crippen molar-refractivity contribution in [1.29, 1.82) is 0 Å². The van der Waals surface area contributed by atoms with Gasteiger partial charge in [-0.15, -0.1) is 11.3 Å². The minimum atomic E-state index is 0.291. The Hall–Kier alpha value is -0.570. The van der Waals surface area contributed by atoms with Gasteiger partial charge in [0.25, 0.3) is 0 Å². The number of nitrogens with zero attached hydrogens (tertiary/aromatic N) is 1. The molecule has 98 valence electrons. The van der Waals surface area contributed by atoms with E-state index in [0.717, 1.165) is 5.13 Å². The van der Waals surface area contributed by atoms with Crippen molar-refractivity contribution in [2.24, 2.45) is 5.92 Å². The van der Waals surface area contributed by atoms with Gasteiger partial charge in [-0.1, -0.05) is 34.6 Å². The van der Waals surface area contributed by atoms with Gasteiger partial charge in [-0.3, -0.25) is 0 Å². The lowest BCUT2D eigenvalue weighted by Crippen LogP contribution is -2.32. The maximum atomic E-state index is 4.75. The number of rotatable bonds is 2. The molecule has 1 heterocycles. The summed E-state index contributed by atoms with van der Waals surface area (Å²) in [7, 11) is 1.96. The minimum Gasteiger partial charge on any atom is -0.365 e. The average Bonchev–Trinajstić information content (AvgIpc) is 2.76. The molecule has 0 radical (unpaired) electrons. The fourth-order valence-corrected chi connectivity index (χ4v) is 3.47. The third kappa shape index (κ3) is 2.65. The SMILES string of the molecule is CC.CNc1nc2c(s1)CCCC2(C)C(C)C. The van der Waals surface area contributed by atoms with Gasteiger partial charge < -0.3 is 5.32 Å². The molecule has 1 unspecified atom stereocenters. The van der Waals surface area contributed by atoms with E-state index in [1.165, 1.54) is 29.8 Å². The van der Waals surface area contributed by atoms with Crippen LogP contribution < -0.4 is 5.32 Å². The number of hydrogen-bond acceptors (Lipinski definition) is 3. The van der Waals surface area contributed by atoms with Crippen LogP contribution in [0.15, 0.2) is 0 Å². The molecule has 0 fully saturated rings. The van der Waals surface area contributed by atoms with Crippen LogP contribution in [0.1, 0.15) is 58.0 Å². The number of hydrogen-bond donors (Lipinski definition) is 1. The lowest BCUT2D eigenvalue weighted by atomic mass is 9.69. The lowest BCUT2D eigenvalue weighted by Gasteiger charge is -2.36. The number of aryl methyl sites for hydroxylation is 1. The number of anilines is 1. The highest BCUT2D eigenvalue weighted by Crippen LogP contribution is 2.44. The molecule has 0 aliphatic heterocycles. The van der Waals surface area contributed by atoms with Crippen LogP contribution in [0.2, 0.25) is 0 Å². The molecule has 1 atom stereocenters. The fraction of sp³-hybridized carbons (Fsp3) is 0.786. The van der Waals surface area contributed by atoms with E-state index >= 15 is 0 Å². The molecule has 1 aliphatic carbocycles. The van der Waals surface area contributed by atoms with Crippen molar-refractivity contribution < 1.29 is 0 Å². The summed E-state index contributed by atoms with van der Waals surface area (Å²) in [5.74, 6) is 0.670. The van der Waals surface area contributed by atoms with Crippen LogP contribution in [0.25, 0.3) is 0 Å². The van der Waals surface area contributed by atoms with E-state index in [0.29, 0.717) is 11.3 Å². The smallest absolute Gasteiger partial charge is 0.182 e. The summed E-state index contributed by atoms with van der Waals surface area (Å²) in [5.41, 5.74) is 1.65. The molecule has 0 saturated heterocycles. The molecule has 1 aromatic rings. The molecule has 2 rings (SSSR count). The largest absolute Gasteiger partial charge is 0.365 e. The Balaban J connectivity index is 0.000000686. The first-order chi connectivity index (χ1) is 8.08. The second kappa shape index (κ2) is 5.85. The monoisotopic (exact) mass is 254 g/mol. The maximum Gasteiger partial charge on any atom is 0.182 e. The molecule has 0 aromatic carbocycles. The van der Waals surface area contributed by atoms with E-state index in [4.69, 9.17) is 4.98 Å². The highest BCUT2D eigenvalue weighted by atomic mass is 32.1. The summed E-state index contributed by atoms with van der Waals surface area (Å²) in [6.45, 7) is 11.0. The molecule has 17 heavy (non-hydrogen) atoms. The van der Waals surface area contributed by atoms with Crippen LogP contribution in [0, 0.1) is 5.92 Å². The first-order valence-electron chi connectivity index (χ1n) is 6.76. The molecule has 3 heteroatoms. The predicted molar refractivity (Wildman–Crippen MR) is 78.1 cm³/mol. The van der Waals surface area contributed by atoms with Gasteiger partial charge in [-0.2, -0.15) is 0 Å². The van der Waals surface area contributed by atoms with Crippen molar-refractivity contribution in [1.82, 2.24) is 4.98 Å². The number of nitrogens with one attached hydrogen (secondary N) is 1. The topological polar surface area (TPSA) is 24.9 Å². The van der Waals surface area contributed by atoms with Gasteiger partial charge >= 0.3 is 0 Å². The van der Waals surface area contributed by atoms with Crippen LogP contribution in [0.5, 0.6) is 0 Å². The van der Waals surface area contributed by atoms with Crippen LogP contribution in [-0.2, 0) is 11.8 Å². The molecule has 0 saturated carbocycles. The normalized spacial score (nSPS) is 22.8. The Morgan fingerprint density at radius 2 is 2.00 bits per heavy atom. The van der Waals surface area contributed by atoms with Crippen molar-refractivity contribution in [3.05, 3.63) is 10.6 Å². The van der Waals surface area contributed by atoms with E-state index in [1.807, 2.05) is 32.2 Å². The van der Waals surface area contributed by atoms with Gasteiger partial charge in [0, 0.05) is 17.3 Å². The Bertz CT molecular complexity index is 357. The van der Waals surface area contributed by atoms with E-state index < -0.39 is 0 Å². The molecule has 1 aromatic heterocycles. The van der Waals surface area contributed by atoms with Gasteiger partial charge in [0.15, 0.2) is 5.13 Å². The second-order valence-electron chi connectivity index (χ2n) is 4.97. The van der Waals surface area contributed by atoms with Crippen molar-refractivity contribution >= 4 is 16.5 Å². The van der Waals surface area contributed by atoms with Gasteiger partial charge in [0.05, 0.1) is 5.69 Å². The summed E-state index contributed by atoms with van der Waals surface area (Å²) in [5, 5.41) is 4.25. The van der Waals surface area contributed by atoms with E-state index in [1.54, 1.807) is 0 Å². The van der Waals surface area contributed by atoms with Crippen LogP contribution >= 0.6 is 11.3 Å². The second-order valence-corrected chi connectivity index (χ2v) is 6.05. The van der Waals surface area contributed by atoms with E-state index in [2.05, 4.69) is 26.1 Å². The van der Waals surface area contributed by atoms with Crippen LogP contribution in [0.4, 0.5) is 5.13 Å². The number of fused-ring (bicyclic) bond motifs is 1. The Morgan fingerprint density at radius 3 is 2.53 bits per heavy atom. The molecule has 1 N–H and O–H groups in total. The molecule has 0 spiro atoms. The first kappa shape index (κ1) is 14.5. The van der Waals surface area contributed by atoms with Gasteiger partial charge in [0.1, 0.15) is 0 Å². The lowest BCUT2D eigenvalue weighted by molar-refractivity contribution is 0.284.